The number of amides is 1. The van der Waals surface area contributed by atoms with Crippen molar-refractivity contribution in [2.75, 3.05) is 36.5 Å². The minimum atomic E-state index is -0.692. The van der Waals surface area contributed by atoms with Gasteiger partial charge in [0.25, 0.3) is 5.91 Å². The predicted molar refractivity (Wildman–Crippen MR) is 141 cm³/mol. The van der Waals surface area contributed by atoms with Crippen LogP contribution in [0.2, 0.25) is 0 Å². The van der Waals surface area contributed by atoms with Gasteiger partial charge in [-0.1, -0.05) is 6.07 Å². The van der Waals surface area contributed by atoms with E-state index < -0.39 is 17.4 Å². The van der Waals surface area contributed by atoms with Crippen molar-refractivity contribution in [3.05, 3.63) is 53.5 Å². The number of methoxy groups -OCH3 is 1. The van der Waals surface area contributed by atoms with E-state index in [1.54, 1.807) is 12.1 Å². The summed E-state index contributed by atoms with van der Waals surface area (Å²) in [7, 11) is 1.23. The molecule has 3 atom stereocenters. The zero-order valence-corrected chi connectivity index (χ0v) is 21.9. The number of anilines is 2. The zero-order chi connectivity index (χ0) is 26.6. The maximum Gasteiger partial charge on any atom is 0.340 e. The molecule has 0 spiro atoms. The molecule has 7 rings (SSSR count). The molecule has 1 aromatic heterocycles. The van der Waals surface area contributed by atoms with Crippen molar-refractivity contribution in [3.8, 4) is 0 Å². The smallest absolute Gasteiger partial charge is 0.340 e. The first kappa shape index (κ1) is 25.1. The Hall–Kier alpha value is -3.20. The number of carbonyl (C=O) groups is 2. The summed E-state index contributed by atoms with van der Waals surface area (Å²) in [4.78, 5) is 34.0. The number of aromatic nitrogens is 1. The summed E-state index contributed by atoms with van der Waals surface area (Å²) in [5.74, 6) is 0.590. The number of carbonyl (C=O) groups excluding carboxylic acids is 2. The highest BCUT2D eigenvalue weighted by Gasteiger charge is 2.55. The lowest BCUT2D eigenvalue weighted by atomic mass is 9.52. The van der Waals surface area contributed by atoms with Crippen LogP contribution in [0.5, 0.6) is 0 Å². The summed E-state index contributed by atoms with van der Waals surface area (Å²) in [5, 5.41) is 14.1. The minimum absolute atomic E-state index is 0.0723. The largest absolute Gasteiger partial charge is 0.465 e. The van der Waals surface area contributed by atoms with Crippen LogP contribution in [0.3, 0.4) is 0 Å². The number of rotatable bonds is 5. The quantitative estimate of drug-likeness (QED) is 0.582. The van der Waals surface area contributed by atoms with Crippen molar-refractivity contribution in [2.24, 2.45) is 17.8 Å². The van der Waals surface area contributed by atoms with Crippen LogP contribution in [0, 0.1) is 23.6 Å². The third-order valence-corrected chi connectivity index (χ3v) is 9.15. The highest BCUT2D eigenvalue weighted by molar-refractivity contribution is 5.93. The van der Waals surface area contributed by atoms with Gasteiger partial charge >= 0.3 is 5.97 Å². The van der Waals surface area contributed by atoms with Gasteiger partial charge in [-0.15, -0.1) is 0 Å². The normalized spacial score (nSPS) is 31.8. The summed E-state index contributed by atoms with van der Waals surface area (Å²) < 4.78 is 19.1. The number of esters is 1. The molecule has 5 aliphatic rings. The van der Waals surface area contributed by atoms with E-state index in [1.807, 2.05) is 12.1 Å². The topological polar surface area (TPSA) is 95.0 Å². The highest BCUT2D eigenvalue weighted by atomic mass is 19.1. The molecule has 2 heterocycles. The maximum atomic E-state index is 14.5. The molecule has 38 heavy (non-hydrogen) atoms. The molecule has 4 aliphatic carbocycles. The minimum Gasteiger partial charge on any atom is -0.465 e. The van der Waals surface area contributed by atoms with Crippen molar-refractivity contribution in [3.63, 3.8) is 0 Å². The van der Waals surface area contributed by atoms with Gasteiger partial charge in [-0.3, -0.25) is 4.79 Å². The number of piperazine rings is 1. The fourth-order valence-electron chi connectivity index (χ4n) is 7.66. The molecule has 0 radical (unpaired) electrons. The molecule has 202 valence electrons. The van der Waals surface area contributed by atoms with E-state index in [2.05, 4.69) is 26.8 Å². The van der Waals surface area contributed by atoms with Crippen molar-refractivity contribution in [2.45, 2.75) is 56.7 Å². The summed E-state index contributed by atoms with van der Waals surface area (Å²) in [6.45, 7) is 4.03. The van der Waals surface area contributed by atoms with Crippen molar-refractivity contribution >= 4 is 23.4 Å². The molecule has 2 aromatic rings. The lowest BCUT2D eigenvalue weighted by molar-refractivity contribution is -0.136. The Morgan fingerprint density at radius 2 is 1.89 bits per heavy atom. The summed E-state index contributed by atoms with van der Waals surface area (Å²) >= 11 is 0. The fraction of sp³-hybridized carbons (Fsp3) is 0.552. The van der Waals surface area contributed by atoms with Gasteiger partial charge in [-0.2, -0.15) is 0 Å². The van der Waals surface area contributed by atoms with Gasteiger partial charge in [0.2, 0.25) is 0 Å². The van der Waals surface area contributed by atoms with Crippen LogP contribution in [-0.2, 0) is 4.74 Å². The molecule has 5 fully saturated rings. The molecule has 1 aliphatic heterocycles. The molecule has 1 aromatic carbocycles. The molecule has 1 amide bonds. The monoisotopic (exact) mass is 522 g/mol. The van der Waals surface area contributed by atoms with Gasteiger partial charge < -0.3 is 25.0 Å². The lowest BCUT2D eigenvalue weighted by Crippen LogP contribution is -2.61. The molecule has 1 saturated heterocycles. The van der Waals surface area contributed by atoms with Crippen LogP contribution >= 0.6 is 0 Å². The summed E-state index contributed by atoms with van der Waals surface area (Å²) in [5.41, 5.74) is 0.517. The van der Waals surface area contributed by atoms with E-state index in [9.17, 15) is 19.1 Å². The van der Waals surface area contributed by atoms with Crippen LogP contribution in [-0.4, -0.2) is 66.4 Å². The molecule has 2 unspecified atom stereocenters. The van der Waals surface area contributed by atoms with Gasteiger partial charge in [-0.05, 0) is 87.1 Å². The van der Waals surface area contributed by atoms with Crippen LogP contribution in [0.1, 0.15) is 59.9 Å². The number of ether oxygens (including phenoxy) is 1. The van der Waals surface area contributed by atoms with Crippen molar-refractivity contribution < 1.29 is 23.8 Å². The van der Waals surface area contributed by atoms with Gasteiger partial charge in [0, 0.05) is 37.4 Å². The number of halogens is 1. The number of pyridine rings is 1. The van der Waals surface area contributed by atoms with Gasteiger partial charge in [0.15, 0.2) is 0 Å². The SMILES string of the molecule is COC(=O)c1ccc(N2CCN(c3cccc(C(=O)N[C@H]4C5CC6CC4C[C@](O)(C6)C5)n3)[C@H](C)C2)cc1F. The van der Waals surface area contributed by atoms with Crippen molar-refractivity contribution in [1.29, 1.82) is 0 Å². The average molecular weight is 523 g/mol. The first-order chi connectivity index (χ1) is 18.2. The highest BCUT2D eigenvalue weighted by Crippen LogP contribution is 2.55. The third kappa shape index (κ3) is 4.51. The molecule has 9 heteroatoms. The Morgan fingerprint density at radius 3 is 2.55 bits per heavy atom. The van der Waals surface area contributed by atoms with E-state index in [0.29, 0.717) is 48.8 Å². The standard InChI is InChI=1S/C29H35FN4O4/c1-17-16-33(21-6-7-22(23(30)12-21)28(36)38-2)8-9-34(17)25-5-3-4-24(31-25)27(35)32-26-19-10-18-11-20(26)15-29(37,13-18)14-19/h3-7,12,17-20,26,37H,8-11,13-16H2,1-2H3,(H,32,35)/t17-,18?,19?,20?,26-,29-/m1/s1. The number of nitrogens with one attached hydrogen (secondary N) is 1. The number of hydrogen-bond acceptors (Lipinski definition) is 7. The van der Waals surface area contributed by atoms with Gasteiger partial charge in [0.05, 0.1) is 18.3 Å². The molecular formula is C29H35FN4O4. The van der Waals surface area contributed by atoms with Crippen LogP contribution in [0.25, 0.3) is 0 Å². The third-order valence-electron chi connectivity index (χ3n) is 9.15. The average Bonchev–Trinajstić information content (AvgIpc) is 2.89. The molecule has 8 nitrogen and oxygen atoms in total. The van der Waals surface area contributed by atoms with Crippen LogP contribution < -0.4 is 15.1 Å². The van der Waals surface area contributed by atoms with E-state index in [1.165, 1.54) is 19.2 Å². The second kappa shape index (κ2) is 9.52. The second-order valence-electron chi connectivity index (χ2n) is 11.7. The van der Waals surface area contributed by atoms with E-state index in [4.69, 9.17) is 4.98 Å². The number of nitrogens with zero attached hydrogens (tertiary/aromatic N) is 3. The Kier molecular flexibility index (Phi) is 6.29. The van der Waals surface area contributed by atoms with Gasteiger partial charge in [0.1, 0.15) is 17.3 Å². The van der Waals surface area contributed by atoms with Crippen molar-refractivity contribution in [1.82, 2.24) is 10.3 Å². The Labute approximate surface area is 222 Å². The second-order valence-corrected chi connectivity index (χ2v) is 11.7. The molecule has 2 N–H and O–H groups in total. The lowest BCUT2D eigenvalue weighted by Gasteiger charge is -2.58. The van der Waals surface area contributed by atoms with E-state index in [0.717, 1.165) is 37.9 Å². The number of benzene rings is 1. The molecule has 4 saturated carbocycles. The van der Waals surface area contributed by atoms with Gasteiger partial charge in [-0.25, -0.2) is 14.2 Å². The van der Waals surface area contributed by atoms with Crippen LogP contribution in [0.15, 0.2) is 36.4 Å². The number of hydrogen-bond donors (Lipinski definition) is 2. The number of aliphatic hydroxyl groups is 1. The fourth-order valence-corrected chi connectivity index (χ4v) is 7.66. The Bertz CT molecular complexity index is 1240. The Morgan fingerprint density at radius 1 is 1.13 bits per heavy atom. The van der Waals surface area contributed by atoms with E-state index >= 15 is 0 Å². The predicted octanol–water partition coefficient (Wildman–Crippen LogP) is 3.39. The van der Waals surface area contributed by atoms with Crippen LogP contribution in [0.4, 0.5) is 15.9 Å². The molecule has 4 bridgehead atoms. The first-order valence-corrected chi connectivity index (χ1v) is 13.6. The van der Waals surface area contributed by atoms with E-state index in [-0.39, 0.29) is 23.6 Å². The first-order valence-electron chi connectivity index (χ1n) is 13.6. The maximum absolute atomic E-state index is 14.5. The summed E-state index contributed by atoms with van der Waals surface area (Å²) in [6, 6.07) is 10.3. The zero-order valence-electron chi connectivity index (χ0n) is 21.9. The summed E-state index contributed by atoms with van der Waals surface area (Å²) in [6.07, 6.45) is 4.68. The Balaban J connectivity index is 1.11. The molecular weight excluding hydrogens is 487 g/mol.